The van der Waals surface area contributed by atoms with E-state index in [1.54, 1.807) is 0 Å². The molecule has 2 rings (SSSR count). The predicted molar refractivity (Wildman–Crippen MR) is 54.0 cm³/mol. The number of hydrogen-bond acceptors (Lipinski definition) is 3. The van der Waals surface area contributed by atoms with Crippen molar-refractivity contribution in [1.82, 2.24) is 5.32 Å². The van der Waals surface area contributed by atoms with Crippen molar-refractivity contribution in [1.29, 1.82) is 0 Å². The summed E-state index contributed by atoms with van der Waals surface area (Å²) in [7, 11) is 0. The van der Waals surface area contributed by atoms with Gasteiger partial charge in [-0.2, -0.15) is 0 Å². The fraction of sp³-hybridized carbons (Fsp3) is 0.818. The molecular formula is C11H17NO3. The first-order valence-electron chi connectivity index (χ1n) is 5.55. The summed E-state index contributed by atoms with van der Waals surface area (Å²) < 4.78 is 5.54. The number of carbonyl (C=O) groups is 2. The standard InChI is InChI=1S/C11H17NO3/c1-3-8-10(14)12-9(13)6-11(8)4-5-15-7(11)2/h7-8H,3-6H2,1-2H3,(H,12,13,14). The van der Waals surface area contributed by atoms with Crippen molar-refractivity contribution in [3.05, 3.63) is 0 Å². The molecule has 2 fully saturated rings. The molecule has 2 heterocycles. The number of imide groups is 1. The van der Waals surface area contributed by atoms with Crippen LogP contribution < -0.4 is 5.32 Å². The fourth-order valence-electron chi connectivity index (χ4n) is 3.03. The number of amides is 2. The molecule has 1 N–H and O–H groups in total. The van der Waals surface area contributed by atoms with Crippen LogP contribution in [0.2, 0.25) is 0 Å². The molecular weight excluding hydrogens is 194 g/mol. The minimum atomic E-state index is -0.242. The van der Waals surface area contributed by atoms with Crippen LogP contribution in [0.3, 0.4) is 0 Å². The second kappa shape index (κ2) is 3.59. The summed E-state index contributed by atoms with van der Waals surface area (Å²) >= 11 is 0. The van der Waals surface area contributed by atoms with E-state index in [4.69, 9.17) is 4.74 Å². The largest absolute Gasteiger partial charge is 0.378 e. The Morgan fingerprint density at radius 2 is 2.27 bits per heavy atom. The second-order valence-electron chi connectivity index (χ2n) is 4.55. The van der Waals surface area contributed by atoms with Crippen LogP contribution in [0, 0.1) is 11.3 Å². The Bertz CT molecular complexity index is 302. The zero-order valence-corrected chi connectivity index (χ0v) is 9.21. The molecule has 0 aromatic heterocycles. The summed E-state index contributed by atoms with van der Waals surface area (Å²) in [5.41, 5.74) is -0.242. The van der Waals surface area contributed by atoms with E-state index >= 15 is 0 Å². The molecule has 2 saturated heterocycles. The first kappa shape index (κ1) is 10.6. The van der Waals surface area contributed by atoms with Crippen molar-refractivity contribution < 1.29 is 14.3 Å². The molecule has 1 spiro atoms. The van der Waals surface area contributed by atoms with Gasteiger partial charge < -0.3 is 4.74 Å². The Morgan fingerprint density at radius 1 is 1.53 bits per heavy atom. The lowest BCUT2D eigenvalue weighted by Gasteiger charge is -2.41. The van der Waals surface area contributed by atoms with Gasteiger partial charge in [-0.05, 0) is 19.8 Å². The van der Waals surface area contributed by atoms with E-state index in [2.05, 4.69) is 5.32 Å². The van der Waals surface area contributed by atoms with E-state index in [1.807, 2.05) is 13.8 Å². The lowest BCUT2D eigenvalue weighted by atomic mass is 9.65. The number of hydrogen-bond donors (Lipinski definition) is 1. The zero-order valence-electron chi connectivity index (χ0n) is 9.21. The molecule has 0 saturated carbocycles. The Balaban J connectivity index is 2.33. The van der Waals surface area contributed by atoms with Crippen LogP contribution >= 0.6 is 0 Å². The highest BCUT2D eigenvalue weighted by atomic mass is 16.5. The normalized spacial score (nSPS) is 40.9. The molecule has 0 bridgehead atoms. The summed E-state index contributed by atoms with van der Waals surface area (Å²) in [6, 6.07) is 0. The Morgan fingerprint density at radius 3 is 2.80 bits per heavy atom. The van der Waals surface area contributed by atoms with Gasteiger partial charge in [0.05, 0.1) is 6.10 Å². The van der Waals surface area contributed by atoms with E-state index in [-0.39, 0.29) is 29.3 Å². The van der Waals surface area contributed by atoms with Gasteiger partial charge in [0.1, 0.15) is 0 Å². The average molecular weight is 211 g/mol. The molecule has 0 aromatic carbocycles. The van der Waals surface area contributed by atoms with Crippen molar-refractivity contribution >= 4 is 11.8 Å². The van der Waals surface area contributed by atoms with E-state index in [0.717, 1.165) is 12.8 Å². The van der Waals surface area contributed by atoms with Gasteiger partial charge >= 0.3 is 0 Å². The highest BCUT2D eigenvalue weighted by Crippen LogP contribution is 2.47. The van der Waals surface area contributed by atoms with Crippen molar-refractivity contribution in [2.45, 2.75) is 39.2 Å². The Kier molecular flexibility index (Phi) is 2.54. The van der Waals surface area contributed by atoms with Crippen LogP contribution in [0.25, 0.3) is 0 Å². The highest BCUT2D eigenvalue weighted by molar-refractivity contribution is 5.99. The van der Waals surface area contributed by atoms with Gasteiger partial charge in [0, 0.05) is 24.4 Å². The van der Waals surface area contributed by atoms with Gasteiger partial charge in [0.15, 0.2) is 0 Å². The molecule has 3 unspecified atom stereocenters. The molecule has 3 atom stereocenters. The summed E-state index contributed by atoms with van der Waals surface area (Å²) in [5, 5.41) is 2.42. The molecule has 0 aliphatic carbocycles. The number of nitrogens with one attached hydrogen (secondary N) is 1. The maximum absolute atomic E-state index is 11.8. The molecule has 15 heavy (non-hydrogen) atoms. The van der Waals surface area contributed by atoms with Crippen LogP contribution in [-0.4, -0.2) is 24.5 Å². The van der Waals surface area contributed by atoms with Crippen LogP contribution in [0.5, 0.6) is 0 Å². The molecule has 4 nitrogen and oxygen atoms in total. The first-order chi connectivity index (χ1) is 7.10. The maximum Gasteiger partial charge on any atom is 0.230 e. The van der Waals surface area contributed by atoms with Crippen molar-refractivity contribution in [2.75, 3.05) is 6.61 Å². The van der Waals surface area contributed by atoms with E-state index < -0.39 is 0 Å². The summed E-state index contributed by atoms with van der Waals surface area (Å²) in [6.07, 6.45) is 2.04. The van der Waals surface area contributed by atoms with Crippen LogP contribution in [0.4, 0.5) is 0 Å². The summed E-state index contributed by atoms with van der Waals surface area (Å²) in [6.45, 7) is 4.63. The minimum Gasteiger partial charge on any atom is -0.378 e. The van der Waals surface area contributed by atoms with Gasteiger partial charge in [-0.1, -0.05) is 6.92 Å². The molecule has 4 heteroatoms. The first-order valence-corrected chi connectivity index (χ1v) is 5.55. The maximum atomic E-state index is 11.8. The van der Waals surface area contributed by atoms with E-state index in [9.17, 15) is 9.59 Å². The quantitative estimate of drug-likeness (QED) is 0.654. The molecule has 0 radical (unpaired) electrons. The predicted octanol–water partition coefficient (Wildman–Crippen LogP) is 0.854. The van der Waals surface area contributed by atoms with Crippen molar-refractivity contribution in [2.24, 2.45) is 11.3 Å². The number of piperidine rings is 1. The van der Waals surface area contributed by atoms with Crippen LogP contribution in [-0.2, 0) is 14.3 Å². The third kappa shape index (κ3) is 1.47. The number of carbonyl (C=O) groups excluding carboxylic acids is 2. The number of ether oxygens (including phenoxy) is 1. The van der Waals surface area contributed by atoms with Gasteiger partial charge in [0.25, 0.3) is 0 Å². The Labute approximate surface area is 89.4 Å². The highest BCUT2D eigenvalue weighted by Gasteiger charge is 2.53. The van der Waals surface area contributed by atoms with Gasteiger partial charge in [-0.15, -0.1) is 0 Å². The summed E-state index contributed by atoms with van der Waals surface area (Å²) in [4.78, 5) is 23.2. The third-order valence-electron chi connectivity index (χ3n) is 3.92. The topological polar surface area (TPSA) is 55.4 Å². The van der Waals surface area contributed by atoms with Gasteiger partial charge in [-0.25, -0.2) is 0 Å². The SMILES string of the molecule is CCC1C(=O)NC(=O)CC12CCOC2C. The second-order valence-corrected chi connectivity index (χ2v) is 4.55. The van der Waals surface area contributed by atoms with Crippen LogP contribution in [0.1, 0.15) is 33.1 Å². The van der Waals surface area contributed by atoms with Gasteiger partial charge in [0.2, 0.25) is 11.8 Å². The molecule has 0 aromatic rings. The summed E-state index contributed by atoms with van der Waals surface area (Å²) in [5.74, 6) is -0.346. The van der Waals surface area contributed by atoms with Crippen molar-refractivity contribution in [3.63, 3.8) is 0 Å². The Hall–Kier alpha value is -0.900. The molecule has 2 amide bonds. The zero-order chi connectivity index (χ0) is 11.1. The minimum absolute atomic E-state index is 0.0115. The smallest absolute Gasteiger partial charge is 0.230 e. The lowest BCUT2D eigenvalue weighted by molar-refractivity contribution is -0.146. The molecule has 2 aliphatic heterocycles. The monoisotopic (exact) mass is 211 g/mol. The molecule has 84 valence electrons. The fourth-order valence-corrected chi connectivity index (χ4v) is 3.03. The lowest BCUT2D eigenvalue weighted by Crippen LogP contribution is -2.54. The van der Waals surface area contributed by atoms with E-state index in [0.29, 0.717) is 13.0 Å². The van der Waals surface area contributed by atoms with Gasteiger partial charge in [-0.3, -0.25) is 14.9 Å². The third-order valence-corrected chi connectivity index (χ3v) is 3.92. The number of rotatable bonds is 1. The average Bonchev–Trinajstić information content (AvgIpc) is 2.48. The van der Waals surface area contributed by atoms with E-state index in [1.165, 1.54) is 0 Å². The van der Waals surface area contributed by atoms with Crippen LogP contribution in [0.15, 0.2) is 0 Å². The van der Waals surface area contributed by atoms with Crippen molar-refractivity contribution in [3.8, 4) is 0 Å². The molecule has 2 aliphatic rings.